The SMILES string of the molecule is COC(=O)[C@@H](Cc1ccccc1)NC(=O)COC(=O)Cc1ccc(C)cc1. The van der Waals surface area contributed by atoms with E-state index >= 15 is 0 Å². The third kappa shape index (κ3) is 6.93. The summed E-state index contributed by atoms with van der Waals surface area (Å²) in [5, 5.41) is 2.55. The van der Waals surface area contributed by atoms with Crippen LogP contribution in [0.1, 0.15) is 16.7 Å². The number of amides is 1. The third-order valence-electron chi connectivity index (χ3n) is 3.94. The van der Waals surface area contributed by atoms with Crippen molar-refractivity contribution in [1.82, 2.24) is 5.32 Å². The normalized spacial score (nSPS) is 11.3. The van der Waals surface area contributed by atoms with Crippen molar-refractivity contribution >= 4 is 17.8 Å². The summed E-state index contributed by atoms with van der Waals surface area (Å²) in [6, 6.07) is 15.9. The molecular weight excluding hydrogens is 346 g/mol. The Morgan fingerprint density at radius 2 is 1.63 bits per heavy atom. The minimum absolute atomic E-state index is 0.0814. The lowest BCUT2D eigenvalue weighted by Gasteiger charge is -2.16. The average Bonchev–Trinajstić information content (AvgIpc) is 2.68. The van der Waals surface area contributed by atoms with E-state index in [0.717, 1.165) is 16.7 Å². The van der Waals surface area contributed by atoms with Crippen LogP contribution in [0, 0.1) is 6.92 Å². The summed E-state index contributed by atoms with van der Waals surface area (Å²) in [6.07, 6.45) is 0.370. The highest BCUT2D eigenvalue weighted by molar-refractivity contribution is 5.86. The van der Waals surface area contributed by atoms with Crippen LogP contribution < -0.4 is 5.32 Å². The maximum Gasteiger partial charge on any atom is 0.328 e. The van der Waals surface area contributed by atoms with Crippen LogP contribution >= 0.6 is 0 Å². The minimum Gasteiger partial charge on any atom is -0.467 e. The topological polar surface area (TPSA) is 81.7 Å². The van der Waals surface area contributed by atoms with Gasteiger partial charge in [-0.15, -0.1) is 0 Å². The van der Waals surface area contributed by atoms with E-state index in [0.29, 0.717) is 0 Å². The van der Waals surface area contributed by atoms with Crippen molar-refractivity contribution in [3.63, 3.8) is 0 Å². The zero-order valence-electron chi connectivity index (χ0n) is 15.4. The first-order valence-corrected chi connectivity index (χ1v) is 8.60. The van der Waals surface area contributed by atoms with Gasteiger partial charge in [-0.2, -0.15) is 0 Å². The number of benzene rings is 2. The van der Waals surface area contributed by atoms with Crippen LogP contribution in [-0.4, -0.2) is 37.6 Å². The van der Waals surface area contributed by atoms with Crippen LogP contribution in [0.5, 0.6) is 0 Å². The van der Waals surface area contributed by atoms with E-state index in [1.54, 1.807) is 0 Å². The summed E-state index contributed by atoms with van der Waals surface area (Å²) in [4.78, 5) is 35.9. The Hall–Kier alpha value is -3.15. The number of carbonyl (C=O) groups is 3. The Morgan fingerprint density at radius 3 is 2.26 bits per heavy atom. The van der Waals surface area contributed by atoms with E-state index in [9.17, 15) is 14.4 Å². The van der Waals surface area contributed by atoms with Crippen LogP contribution in [0.2, 0.25) is 0 Å². The zero-order chi connectivity index (χ0) is 19.6. The van der Waals surface area contributed by atoms with Gasteiger partial charge in [0.2, 0.25) is 0 Å². The summed E-state index contributed by atoms with van der Waals surface area (Å²) >= 11 is 0. The highest BCUT2D eigenvalue weighted by Crippen LogP contribution is 2.06. The molecule has 1 amide bonds. The smallest absolute Gasteiger partial charge is 0.328 e. The van der Waals surface area contributed by atoms with Crippen molar-refractivity contribution in [3.05, 3.63) is 71.3 Å². The van der Waals surface area contributed by atoms with E-state index in [4.69, 9.17) is 9.47 Å². The number of hydrogen-bond acceptors (Lipinski definition) is 5. The van der Waals surface area contributed by atoms with Gasteiger partial charge in [-0.3, -0.25) is 9.59 Å². The largest absolute Gasteiger partial charge is 0.467 e. The molecule has 0 aliphatic carbocycles. The molecular formula is C21H23NO5. The number of hydrogen-bond donors (Lipinski definition) is 1. The lowest BCUT2D eigenvalue weighted by atomic mass is 10.1. The maximum absolute atomic E-state index is 12.1. The monoisotopic (exact) mass is 369 g/mol. The van der Waals surface area contributed by atoms with Gasteiger partial charge in [0.15, 0.2) is 6.61 Å². The van der Waals surface area contributed by atoms with Crippen molar-refractivity contribution in [2.45, 2.75) is 25.8 Å². The Kier molecular flexibility index (Phi) is 7.55. The summed E-state index contributed by atoms with van der Waals surface area (Å²) in [6.45, 7) is 1.51. The van der Waals surface area contributed by atoms with Crippen molar-refractivity contribution in [3.8, 4) is 0 Å². The molecule has 2 aromatic rings. The molecule has 142 valence electrons. The highest BCUT2D eigenvalue weighted by Gasteiger charge is 2.22. The molecule has 0 aliphatic heterocycles. The Bertz CT molecular complexity index is 771. The summed E-state index contributed by atoms with van der Waals surface area (Å²) in [7, 11) is 1.26. The first kappa shape index (κ1) is 20.2. The zero-order valence-corrected chi connectivity index (χ0v) is 15.4. The van der Waals surface area contributed by atoms with Crippen LogP contribution in [-0.2, 0) is 36.7 Å². The Morgan fingerprint density at radius 1 is 0.963 bits per heavy atom. The predicted molar refractivity (Wildman–Crippen MR) is 99.9 cm³/mol. The molecule has 0 spiro atoms. The van der Waals surface area contributed by atoms with Gasteiger partial charge in [-0.1, -0.05) is 60.2 Å². The molecule has 0 unspecified atom stereocenters. The molecule has 0 bridgehead atoms. The van der Waals surface area contributed by atoms with Crippen molar-refractivity contribution < 1.29 is 23.9 Å². The first-order chi connectivity index (χ1) is 13.0. The van der Waals surface area contributed by atoms with Gasteiger partial charge in [0.25, 0.3) is 5.91 Å². The molecule has 1 N–H and O–H groups in total. The second kappa shape index (κ2) is 10.1. The molecule has 0 fully saturated rings. The molecule has 6 nitrogen and oxygen atoms in total. The number of methoxy groups -OCH3 is 1. The van der Waals surface area contributed by atoms with E-state index in [1.165, 1.54) is 7.11 Å². The van der Waals surface area contributed by atoms with Gasteiger partial charge in [0, 0.05) is 6.42 Å². The fraction of sp³-hybridized carbons (Fsp3) is 0.286. The number of aryl methyl sites for hydroxylation is 1. The molecule has 0 aromatic heterocycles. The second-order valence-electron chi connectivity index (χ2n) is 6.16. The van der Waals surface area contributed by atoms with Gasteiger partial charge in [0.1, 0.15) is 6.04 Å². The molecule has 2 aromatic carbocycles. The Balaban J connectivity index is 1.84. The van der Waals surface area contributed by atoms with Gasteiger partial charge in [-0.05, 0) is 18.1 Å². The van der Waals surface area contributed by atoms with Crippen LogP contribution in [0.25, 0.3) is 0 Å². The summed E-state index contributed by atoms with van der Waals surface area (Å²) < 4.78 is 9.74. The number of rotatable bonds is 8. The van der Waals surface area contributed by atoms with Gasteiger partial charge in [0.05, 0.1) is 13.5 Å². The first-order valence-electron chi connectivity index (χ1n) is 8.60. The van der Waals surface area contributed by atoms with Crippen LogP contribution in [0.4, 0.5) is 0 Å². The van der Waals surface area contributed by atoms with Crippen molar-refractivity contribution in [2.24, 2.45) is 0 Å². The second-order valence-corrected chi connectivity index (χ2v) is 6.16. The van der Waals surface area contributed by atoms with Gasteiger partial charge < -0.3 is 14.8 Å². The van der Waals surface area contributed by atoms with E-state index in [-0.39, 0.29) is 12.8 Å². The van der Waals surface area contributed by atoms with Gasteiger partial charge >= 0.3 is 11.9 Å². The molecule has 1 atom stereocenters. The van der Waals surface area contributed by atoms with E-state index in [2.05, 4.69) is 5.32 Å². The maximum atomic E-state index is 12.1. The molecule has 0 saturated heterocycles. The molecule has 6 heteroatoms. The molecule has 0 heterocycles. The number of esters is 2. The number of nitrogens with one attached hydrogen (secondary N) is 1. The number of carbonyl (C=O) groups excluding carboxylic acids is 3. The molecule has 27 heavy (non-hydrogen) atoms. The predicted octanol–water partition coefficient (Wildman–Crippen LogP) is 1.98. The summed E-state index contributed by atoms with van der Waals surface area (Å²) in [5.41, 5.74) is 2.78. The Labute approximate surface area is 158 Å². The fourth-order valence-electron chi connectivity index (χ4n) is 2.49. The van der Waals surface area contributed by atoms with Crippen LogP contribution in [0.15, 0.2) is 54.6 Å². The number of ether oxygens (including phenoxy) is 2. The van der Waals surface area contributed by atoms with Crippen molar-refractivity contribution in [2.75, 3.05) is 13.7 Å². The van der Waals surface area contributed by atoms with Crippen LogP contribution in [0.3, 0.4) is 0 Å². The average molecular weight is 369 g/mol. The summed E-state index contributed by atoms with van der Waals surface area (Å²) in [5.74, 6) is -1.62. The third-order valence-corrected chi connectivity index (χ3v) is 3.94. The van der Waals surface area contributed by atoms with E-state index in [1.807, 2.05) is 61.5 Å². The van der Waals surface area contributed by atoms with Gasteiger partial charge in [-0.25, -0.2) is 4.79 Å². The minimum atomic E-state index is -0.847. The lowest BCUT2D eigenvalue weighted by molar-refractivity contribution is -0.149. The molecule has 0 radical (unpaired) electrons. The standard InChI is InChI=1S/C21H23NO5/c1-15-8-10-17(11-9-15)13-20(24)27-14-19(23)22-18(21(25)26-2)12-16-6-4-3-5-7-16/h3-11,18H,12-14H2,1-2H3,(H,22,23)/t18-/m1/s1. The highest BCUT2D eigenvalue weighted by atomic mass is 16.5. The van der Waals surface area contributed by atoms with E-state index < -0.39 is 30.5 Å². The van der Waals surface area contributed by atoms with Crippen molar-refractivity contribution in [1.29, 1.82) is 0 Å². The quantitative estimate of drug-likeness (QED) is 0.720. The lowest BCUT2D eigenvalue weighted by Crippen LogP contribution is -2.44. The fourth-order valence-corrected chi connectivity index (χ4v) is 2.49. The molecule has 0 saturated carbocycles. The molecule has 0 aliphatic rings. The molecule has 2 rings (SSSR count).